The van der Waals surface area contributed by atoms with Crippen LogP contribution in [-0.4, -0.2) is 51.3 Å². The van der Waals surface area contributed by atoms with Crippen molar-refractivity contribution in [3.63, 3.8) is 0 Å². The zero-order valence-electron chi connectivity index (χ0n) is 16.4. The van der Waals surface area contributed by atoms with Gasteiger partial charge < -0.3 is 28.3 Å². The van der Waals surface area contributed by atoms with E-state index in [-0.39, 0.29) is 11.7 Å². The predicted molar refractivity (Wildman–Crippen MR) is 104 cm³/mol. The number of rotatable bonds is 5. The molecule has 2 aliphatic rings. The van der Waals surface area contributed by atoms with E-state index in [9.17, 15) is 4.79 Å². The van der Waals surface area contributed by atoms with E-state index in [1.807, 2.05) is 19.1 Å². The van der Waals surface area contributed by atoms with Gasteiger partial charge in [0.2, 0.25) is 0 Å². The lowest BCUT2D eigenvalue weighted by Crippen LogP contribution is -2.34. The maximum atomic E-state index is 12.7. The zero-order valence-corrected chi connectivity index (χ0v) is 16.4. The lowest BCUT2D eigenvalue weighted by atomic mass is 9.93. The Morgan fingerprint density at radius 3 is 2.75 bits per heavy atom. The van der Waals surface area contributed by atoms with E-state index in [1.54, 1.807) is 24.9 Å². The summed E-state index contributed by atoms with van der Waals surface area (Å²) in [5.41, 5.74) is 3.73. The average Bonchev–Trinajstić information content (AvgIpc) is 2.74. The van der Waals surface area contributed by atoms with Gasteiger partial charge in [0, 0.05) is 29.3 Å². The summed E-state index contributed by atoms with van der Waals surface area (Å²) in [5.74, 6) is 1.99. The average molecular weight is 387 g/mol. The maximum absolute atomic E-state index is 12.7. The molecule has 3 heterocycles. The molecule has 1 fully saturated rings. The number of hydrogen-bond donors (Lipinski definition) is 0. The molecule has 7 nitrogen and oxygen atoms in total. The largest absolute Gasteiger partial charge is 0.493 e. The van der Waals surface area contributed by atoms with Gasteiger partial charge in [0.1, 0.15) is 18.5 Å². The Bertz CT molecular complexity index is 929. The SMILES string of the molecule is COc1ccc2c(c1OC)CCn1c-2c(C)c(OCC2COCCO2)cc1=O. The van der Waals surface area contributed by atoms with Gasteiger partial charge in [-0.3, -0.25) is 4.79 Å². The monoisotopic (exact) mass is 387 g/mol. The van der Waals surface area contributed by atoms with Crippen molar-refractivity contribution < 1.29 is 23.7 Å². The third-order valence-corrected chi connectivity index (χ3v) is 5.31. The van der Waals surface area contributed by atoms with Crippen LogP contribution >= 0.6 is 0 Å². The summed E-state index contributed by atoms with van der Waals surface area (Å²) < 4.78 is 29.8. The van der Waals surface area contributed by atoms with Crippen molar-refractivity contribution in [3.05, 3.63) is 39.7 Å². The van der Waals surface area contributed by atoms with Crippen LogP contribution in [0.1, 0.15) is 11.1 Å². The molecule has 1 saturated heterocycles. The normalized spacial score (nSPS) is 18.2. The van der Waals surface area contributed by atoms with Crippen LogP contribution in [-0.2, 0) is 22.4 Å². The van der Waals surface area contributed by atoms with Gasteiger partial charge in [-0.05, 0) is 25.5 Å². The fourth-order valence-corrected chi connectivity index (χ4v) is 3.95. The van der Waals surface area contributed by atoms with Crippen molar-refractivity contribution in [1.29, 1.82) is 0 Å². The Balaban J connectivity index is 1.74. The van der Waals surface area contributed by atoms with Crippen LogP contribution in [0.15, 0.2) is 23.0 Å². The number of hydrogen-bond acceptors (Lipinski definition) is 6. The van der Waals surface area contributed by atoms with Crippen molar-refractivity contribution in [3.8, 4) is 28.5 Å². The minimum Gasteiger partial charge on any atom is -0.493 e. The minimum atomic E-state index is -0.122. The molecule has 1 unspecified atom stereocenters. The molecule has 0 saturated carbocycles. The molecular formula is C21H25NO6. The molecule has 2 aromatic rings. The number of ether oxygens (including phenoxy) is 5. The van der Waals surface area contributed by atoms with Gasteiger partial charge in [-0.15, -0.1) is 0 Å². The van der Waals surface area contributed by atoms with E-state index in [1.165, 1.54) is 0 Å². The number of aromatic nitrogens is 1. The van der Waals surface area contributed by atoms with Crippen LogP contribution in [0.3, 0.4) is 0 Å². The van der Waals surface area contributed by atoms with E-state index >= 15 is 0 Å². The van der Waals surface area contributed by atoms with E-state index in [0.29, 0.717) is 50.9 Å². The van der Waals surface area contributed by atoms with Crippen LogP contribution in [0.5, 0.6) is 17.2 Å². The van der Waals surface area contributed by atoms with Gasteiger partial charge in [-0.1, -0.05) is 0 Å². The number of fused-ring (bicyclic) bond motifs is 3. The molecule has 28 heavy (non-hydrogen) atoms. The maximum Gasteiger partial charge on any atom is 0.254 e. The summed E-state index contributed by atoms with van der Waals surface area (Å²) in [7, 11) is 3.26. The molecule has 0 radical (unpaired) electrons. The first-order valence-corrected chi connectivity index (χ1v) is 9.44. The molecule has 0 spiro atoms. The van der Waals surface area contributed by atoms with Crippen LogP contribution in [0.2, 0.25) is 0 Å². The van der Waals surface area contributed by atoms with Gasteiger partial charge in [0.15, 0.2) is 11.5 Å². The van der Waals surface area contributed by atoms with Gasteiger partial charge in [0.05, 0.1) is 39.7 Å². The molecule has 1 atom stereocenters. The quantitative estimate of drug-likeness (QED) is 0.784. The van der Waals surface area contributed by atoms with E-state index in [2.05, 4.69) is 0 Å². The van der Waals surface area contributed by atoms with Gasteiger partial charge in [-0.25, -0.2) is 0 Å². The molecule has 4 rings (SSSR count). The molecule has 0 amide bonds. The fourth-order valence-electron chi connectivity index (χ4n) is 3.95. The van der Waals surface area contributed by atoms with Gasteiger partial charge in [0.25, 0.3) is 5.56 Å². The number of methoxy groups -OCH3 is 2. The second-order valence-electron chi connectivity index (χ2n) is 6.93. The highest BCUT2D eigenvalue weighted by atomic mass is 16.6. The summed E-state index contributed by atoms with van der Waals surface area (Å²) in [6, 6.07) is 5.42. The van der Waals surface area contributed by atoms with Crippen LogP contribution in [0.4, 0.5) is 0 Å². The van der Waals surface area contributed by atoms with Crippen molar-refractivity contribution in [2.75, 3.05) is 40.6 Å². The Labute approximate surface area is 163 Å². The first-order valence-electron chi connectivity index (χ1n) is 9.44. The Morgan fingerprint density at radius 2 is 2.04 bits per heavy atom. The zero-order chi connectivity index (χ0) is 19.7. The van der Waals surface area contributed by atoms with Crippen molar-refractivity contribution in [1.82, 2.24) is 4.57 Å². The number of pyridine rings is 1. The molecule has 0 aliphatic carbocycles. The van der Waals surface area contributed by atoms with E-state index < -0.39 is 0 Å². The summed E-state index contributed by atoms with van der Waals surface area (Å²) in [4.78, 5) is 12.7. The topological polar surface area (TPSA) is 68.2 Å². The van der Waals surface area contributed by atoms with Crippen molar-refractivity contribution in [2.45, 2.75) is 26.0 Å². The first-order chi connectivity index (χ1) is 13.6. The Kier molecular flexibility index (Phi) is 5.28. The number of nitrogens with zero attached hydrogens (tertiary/aromatic N) is 1. The third kappa shape index (κ3) is 3.25. The molecule has 7 heteroatoms. The number of benzene rings is 1. The van der Waals surface area contributed by atoms with Crippen LogP contribution in [0, 0.1) is 6.92 Å². The molecule has 150 valence electrons. The summed E-state index contributed by atoms with van der Waals surface area (Å²) in [6.07, 6.45) is 0.582. The minimum absolute atomic E-state index is 0.0724. The van der Waals surface area contributed by atoms with Crippen molar-refractivity contribution in [2.24, 2.45) is 0 Å². The third-order valence-electron chi connectivity index (χ3n) is 5.31. The highest BCUT2D eigenvalue weighted by molar-refractivity contribution is 5.75. The Morgan fingerprint density at radius 1 is 1.18 bits per heavy atom. The highest BCUT2D eigenvalue weighted by Gasteiger charge is 2.26. The smallest absolute Gasteiger partial charge is 0.254 e. The predicted octanol–water partition coefficient (Wildman–Crippen LogP) is 2.19. The Hall–Kier alpha value is -2.51. The molecular weight excluding hydrogens is 362 g/mol. The molecule has 0 N–H and O–H groups in total. The molecule has 1 aromatic carbocycles. The summed E-state index contributed by atoms with van der Waals surface area (Å²) >= 11 is 0. The van der Waals surface area contributed by atoms with E-state index in [0.717, 1.165) is 28.1 Å². The van der Waals surface area contributed by atoms with Gasteiger partial charge >= 0.3 is 0 Å². The summed E-state index contributed by atoms with van der Waals surface area (Å²) in [5, 5.41) is 0. The standard InChI is InChI=1S/C21H25NO6/c1-13-18(28-12-14-11-26-8-9-27-14)10-19(23)22-7-6-16-15(20(13)22)4-5-17(24-2)21(16)25-3/h4-5,10,14H,6-9,11-12H2,1-3H3. The van der Waals surface area contributed by atoms with E-state index in [4.69, 9.17) is 23.7 Å². The summed E-state index contributed by atoms with van der Waals surface area (Å²) in [6.45, 7) is 4.59. The lowest BCUT2D eigenvalue weighted by Gasteiger charge is -2.27. The molecule has 1 aromatic heterocycles. The van der Waals surface area contributed by atoms with Gasteiger partial charge in [-0.2, -0.15) is 0 Å². The van der Waals surface area contributed by atoms with Crippen LogP contribution < -0.4 is 19.8 Å². The van der Waals surface area contributed by atoms with Crippen LogP contribution in [0.25, 0.3) is 11.3 Å². The molecule has 2 aliphatic heterocycles. The van der Waals surface area contributed by atoms with Crippen molar-refractivity contribution >= 4 is 0 Å². The fraction of sp³-hybridized carbons (Fsp3) is 0.476. The molecule has 0 bridgehead atoms. The first kappa shape index (κ1) is 18.8. The second-order valence-corrected chi connectivity index (χ2v) is 6.93. The second kappa shape index (κ2) is 7.85. The highest BCUT2D eigenvalue weighted by Crippen LogP contribution is 2.42. The lowest BCUT2D eigenvalue weighted by molar-refractivity contribution is -0.101.